The predicted octanol–water partition coefficient (Wildman–Crippen LogP) is 1.41. The Labute approximate surface area is 111 Å². The molecule has 0 unspecified atom stereocenters. The molecule has 106 valence electrons. The van der Waals surface area contributed by atoms with Gasteiger partial charge in [-0.15, -0.1) is 0 Å². The molecule has 4 nitrogen and oxygen atoms in total. The van der Waals surface area contributed by atoms with Crippen LogP contribution in [0.1, 0.15) is 54.4 Å². The molecule has 0 spiro atoms. The second-order valence-corrected chi connectivity index (χ2v) is 7.10. The van der Waals surface area contributed by atoms with Gasteiger partial charge in [-0.05, 0) is 40.5 Å². The molecule has 4 heteroatoms. The summed E-state index contributed by atoms with van der Waals surface area (Å²) < 4.78 is 0. The summed E-state index contributed by atoms with van der Waals surface area (Å²) in [6.07, 6.45) is 1.95. The fraction of sp³-hybridized carbons (Fsp3) is 0.929. The maximum atomic E-state index is 11.8. The molecule has 0 aliphatic carbocycles. The molecule has 0 saturated carbocycles. The molecule has 1 heterocycles. The van der Waals surface area contributed by atoms with Crippen molar-refractivity contribution in [3.05, 3.63) is 0 Å². The number of rotatable bonds is 4. The number of carbonyl (C=O) groups excluding carboxylic acids is 1. The highest BCUT2D eigenvalue weighted by Gasteiger charge is 2.37. The second kappa shape index (κ2) is 5.57. The van der Waals surface area contributed by atoms with Gasteiger partial charge in [-0.1, -0.05) is 13.8 Å². The number of nitrogens with one attached hydrogen (secondary N) is 3. The van der Waals surface area contributed by atoms with E-state index in [2.05, 4.69) is 43.6 Å². The van der Waals surface area contributed by atoms with Crippen molar-refractivity contribution >= 4 is 5.91 Å². The molecule has 1 saturated heterocycles. The minimum Gasteiger partial charge on any atom is -0.352 e. The fourth-order valence-electron chi connectivity index (χ4n) is 3.00. The standard InChI is InChI=1S/C14H29N3O/c1-10(2)15-9-12(18)16-11-7-13(3,4)17-14(5,6)8-11/h10-11,15,17H,7-9H2,1-6H3,(H,16,18). The van der Waals surface area contributed by atoms with Crippen LogP contribution >= 0.6 is 0 Å². The van der Waals surface area contributed by atoms with Crippen LogP contribution in [-0.4, -0.2) is 35.6 Å². The molecule has 0 aromatic rings. The van der Waals surface area contributed by atoms with E-state index in [9.17, 15) is 4.79 Å². The van der Waals surface area contributed by atoms with E-state index in [0.29, 0.717) is 12.6 Å². The van der Waals surface area contributed by atoms with Gasteiger partial charge in [0, 0.05) is 23.2 Å². The first-order valence-corrected chi connectivity index (χ1v) is 6.92. The van der Waals surface area contributed by atoms with Gasteiger partial charge in [0.25, 0.3) is 0 Å². The van der Waals surface area contributed by atoms with Gasteiger partial charge in [-0.3, -0.25) is 4.79 Å². The Morgan fingerprint density at radius 2 is 1.72 bits per heavy atom. The number of amides is 1. The van der Waals surface area contributed by atoms with Gasteiger partial charge in [-0.25, -0.2) is 0 Å². The molecular weight excluding hydrogens is 226 g/mol. The molecule has 1 aliphatic heterocycles. The van der Waals surface area contributed by atoms with Crippen LogP contribution in [0.3, 0.4) is 0 Å². The molecule has 0 radical (unpaired) electrons. The van der Waals surface area contributed by atoms with E-state index in [1.165, 1.54) is 0 Å². The van der Waals surface area contributed by atoms with Crippen molar-refractivity contribution in [3.8, 4) is 0 Å². The molecule has 0 bridgehead atoms. The SMILES string of the molecule is CC(C)NCC(=O)NC1CC(C)(C)NC(C)(C)C1. The summed E-state index contributed by atoms with van der Waals surface area (Å²) in [5.74, 6) is 0.0993. The quantitative estimate of drug-likeness (QED) is 0.712. The summed E-state index contributed by atoms with van der Waals surface area (Å²) in [4.78, 5) is 11.8. The van der Waals surface area contributed by atoms with E-state index < -0.39 is 0 Å². The van der Waals surface area contributed by atoms with Crippen LogP contribution < -0.4 is 16.0 Å². The smallest absolute Gasteiger partial charge is 0.234 e. The lowest BCUT2D eigenvalue weighted by Crippen LogP contribution is -2.62. The Kier molecular flexibility index (Phi) is 4.78. The van der Waals surface area contributed by atoms with Crippen molar-refractivity contribution in [1.82, 2.24) is 16.0 Å². The predicted molar refractivity (Wildman–Crippen MR) is 75.6 cm³/mol. The van der Waals surface area contributed by atoms with Crippen molar-refractivity contribution in [2.45, 2.75) is 77.5 Å². The molecule has 0 aromatic carbocycles. The van der Waals surface area contributed by atoms with Crippen LogP contribution in [0.2, 0.25) is 0 Å². The third-order valence-electron chi connectivity index (χ3n) is 3.23. The van der Waals surface area contributed by atoms with Crippen molar-refractivity contribution in [3.63, 3.8) is 0 Å². The normalized spacial score (nSPS) is 23.1. The average Bonchev–Trinajstić information content (AvgIpc) is 2.09. The van der Waals surface area contributed by atoms with Gasteiger partial charge >= 0.3 is 0 Å². The molecule has 1 rings (SSSR count). The second-order valence-electron chi connectivity index (χ2n) is 7.10. The van der Waals surface area contributed by atoms with Crippen LogP contribution in [0.15, 0.2) is 0 Å². The number of carbonyl (C=O) groups is 1. The minimum absolute atomic E-state index is 0.0746. The van der Waals surface area contributed by atoms with Crippen molar-refractivity contribution < 1.29 is 4.79 Å². The molecule has 3 N–H and O–H groups in total. The zero-order valence-electron chi connectivity index (χ0n) is 12.7. The fourth-order valence-corrected chi connectivity index (χ4v) is 3.00. The molecule has 18 heavy (non-hydrogen) atoms. The van der Waals surface area contributed by atoms with E-state index in [-0.39, 0.29) is 23.0 Å². The summed E-state index contributed by atoms with van der Waals surface area (Å²) in [5.41, 5.74) is 0.149. The largest absolute Gasteiger partial charge is 0.352 e. The first-order valence-electron chi connectivity index (χ1n) is 6.92. The number of piperidine rings is 1. The van der Waals surface area contributed by atoms with Crippen LogP contribution in [0.5, 0.6) is 0 Å². The summed E-state index contributed by atoms with van der Waals surface area (Å²) in [7, 11) is 0. The summed E-state index contributed by atoms with van der Waals surface area (Å²) >= 11 is 0. The van der Waals surface area contributed by atoms with E-state index in [1.54, 1.807) is 0 Å². The van der Waals surface area contributed by atoms with Gasteiger partial charge in [0.2, 0.25) is 5.91 Å². The number of hydrogen-bond donors (Lipinski definition) is 3. The molecule has 1 amide bonds. The van der Waals surface area contributed by atoms with Gasteiger partial charge in [-0.2, -0.15) is 0 Å². The summed E-state index contributed by atoms with van der Waals surface area (Å²) in [6, 6.07) is 0.606. The first-order chi connectivity index (χ1) is 8.10. The van der Waals surface area contributed by atoms with Gasteiger partial charge in [0.15, 0.2) is 0 Å². The highest BCUT2D eigenvalue weighted by molar-refractivity contribution is 5.78. The minimum atomic E-state index is 0.0746. The molecule has 0 aromatic heterocycles. The highest BCUT2D eigenvalue weighted by Crippen LogP contribution is 2.28. The maximum absolute atomic E-state index is 11.8. The lowest BCUT2D eigenvalue weighted by molar-refractivity contribution is -0.121. The lowest BCUT2D eigenvalue weighted by atomic mass is 9.79. The summed E-state index contributed by atoms with van der Waals surface area (Å²) in [6.45, 7) is 13.3. The van der Waals surface area contributed by atoms with E-state index >= 15 is 0 Å². The van der Waals surface area contributed by atoms with Gasteiger partial charge in [0.05, 0.1) is 6.54 Å². The Morgan fingerprint density at radius 3 is 2.17 bits per heavy atom. The average molecular weight is 255 g/mol. The van der Waals surface area contributed by atoms with E-state index in [0.717, 1.165) is 12.8 Å². The van der Waals surface area contributed by atoms with Crippen LogP contribution in [0.4, 0.5) is 0 Å². The lowest BCUT2D eigenvalue weighted by Gasteiger charge is -2.46. The van der Waals surface area contributed by atoms with Gasteiger partial charge < -0.3 is 16.0 Å². The Hall–Kier alpha value is -0.610. The summed E-state index contributed by atoms with van der Waals surface area (Å²) in [5, 5.41) is 9.91. The highest BCUT2D eigenvalue weighted by atomic mass is 16.2. The molecule has 0 atom stereocenters. The Bertz CT molecular complexity index is 281. The van der Waals surface area contributed by atoms with Crippen LogP contribution in [0.25, 0.3) is 0 Å². The number of hydrogen-bond acceptors (Lipinski definition) is 3. The monoisotopic (exact) mass is 255 g/mol. The van der Waals surface area contributed by atoms with Crippen LogP contribution in [-0.2, 0) is 4.79 Å². The molecule has 1 fully saturated rings. The third-order valence-corrected chi connectivity index (χ3v) is 3.23. The van der Waals surface area contributed by atoms with E-state index in [4.69, 9.17) is 0 Å². The van der Waals surface area contributed by atoms with Crippen molar-refractivity contribution in [2.75, 3.05) is 6.54 Å². The van der Waals surface area contributed by atoms with Crippen molar-refractivity contribution in [2.24, 2.45) is 0 Å². The molecule has 1 aliphatic rings. The van der Waals surface area contributed by atoms with Gasteiger partial charge in [0.1, 0.15) is 0 Å². The maximum Gasteiger partial charge on any atom is 0.234 e. The third kappa shape index (κ3) is 5.36. The Balaban J connectivity index is 2.49. The Morgan fingerprint density at radius 1 is 1.22 bits per heavy atom. The van der Waals surface area contributed by atoms with Crippen LogP contribution in [0, 0.1) is 0 Å². The first kappa shape index (κ1) is 15.4. The van der Waals surface area contributed by atoms with Crippen molar-refractivity contribution in [1.29, 1.82) is 0 Å². The van der Waals surface area contributed by atoms with E-state index in [1.807, 2.05) is 13.8 Å². The zero-order chi connectivity index (χ0) is 14.0. The molecular formula is C14H29N3O. The zero-order valence-corrected chi connectivity index (χ0v) is 12.7. The topological polar surface area (TPSA) is 53.2 Å².